The number of thiol groups is 1. The molecule has 0 aromatic heterocycles. The highest BCUT2D eigenvalue weighted by atomic mass is 32.1. The topological polar surface area (TPSA) is 139 Å². The molecule has 0 saturated heterocycles. The lowest BCUT2D eigenvalue weighted by atomic mass is 10.1. The number of rotatable bonds is 9. The molecule has 0 unspecified atom stereocenters. The molecular weight excluding hydrogens is 286 g/mol. The van der Waals surface area contributed by atoms with Gasteiger partial charge in [0, 0.05) is 25.1 Å². The maximum Gasteiger partial charge on any atom is 0.322 e. The minimum Gasteiger partial charge on any atom is -0.480 e. The van der Waals surface area contributed by atoms with E-state index in [0.717, 1.165) is 0 Å². The average Bonchev–Trinajstić information content (AvgIpc) is 2.38. The van der Waals surface area contributed by atoms with Crippen LogP contribution in [0.3, 0.4) is 0 Å². The Hall–Kier alpha value is -1.61. The van der Waals surface area contributed by atoms with Crippen molar-refractivity contribution in [3.63, 3.8) is 0 Å². The van der Waals surface area contributed by atoms with Crippen LogP contribution in [-0.4, -0.2) is 53.1 Å². The van der Waals surface area contributed by atoms with Gasteiger partial charge in [-0.25, -0.2) is 4.79 Å². The number of carboxylic acid groups (broad SMARTS) is 1. The van der Waals surface area contributed by atoms with Crippen LogP contribution in [0.2, 0.25) is 0 Å². The molecule has 0 aliphatic carbocycles. The standard InChI is InChI=1S/C11H19N3O5S/c1-6(15)2-3-9(16)8(5-20)14-11(19)13-4-7(12)10(17)18/h7-8,20H,2-5,12H2,1H3,(H,17,18)(H2,13,14,19)/t7-,8-/m0/s1. The molecule has 9 heteroatoms. The summed E-state index contributed by atoms with van der Waals surface area (Å²) in [5.74, 6) is -1.59. The molecule has 0 bridgehead atoms. The normalized spacial score (nSPS) is 13.2. The number of hydrogen-bond donors (Lipinski definition) is 5. The molecule has 5 N–H and O–H groups in total. The number of carbonyl (C=O) groups is 4. The molecule has 0 aromatic carbocycles. The summed E-state index contributed by atoms with van der Waals surface area (Å²) in [7, 11) is 0. The number of nitrogens with two attached hydrogens (primary N) is 1. The van der Waals surface area contributed by atoms with Gasteiger partial charge in [-0.2, -0.15) is 12.6 Å². The predicted molar refractivity (Wildman–Crippen MR) is 74.7 cm³/mol. The summed E-state index contributed by atoms with van der Waals surface area (Å²) < 4.78 is 0. The van der Waals surface area contributed by atoms with Crippen molar-refractivity contribution in [3.05, 3.63) is 0 Å². The number of aliphatic carboxylic acids is 1. The Morgan fingerprint density at radius 2 is 1.85 bits per heavy atom. The fourth-order valence-electron chi connectivity index (χ4n) is 1.20. The highest BCUT2D eigenvalue weighted by Crippen LogP contribution is 1.99. The second-order valence-electron chi connectivity index (χ2n) is 4.20. The lowest BCUT2D eigenvalue weighted by Gasteiger charge is -2.16. The van der Waals surface area contributed by atoms with Gasteiger partial charge < -0.3 is 26.3 Å². The Labute approximate surface area is 121 Å². The van der Waals surface area contributed by atoms with Gasteiger partial charge in [0.05, 0.1) is 6.04 Å². The monoisotopic (exact) mass is 305 g/mol. The highest BCUT2D eigenvalue weighted by molar-refractivity contribution is 7.80. The molecule has 0 fully saturated rings. The van der Waals surface area contributed by atoms with Crippen LogP contribution in [0.4, 0.5) is 4.79 Å². The fraction of sp³-hybridized carbons (Fsp3) is 0.636. The summed E-state index contributed by atoms with van der Waals surface area (Å²) in [6, 6.07) is -2.76. The van der Waals surface area contributed by atoms with Gasteiger partial charge in [0.15, 0.2) is 5.78 Å². The van der Waals surface area contributed by atoms with Gasteiger partial charge in [-0.15, -0.1) is 0 Å². The zero-order valence-corrected chi connectivity index (χ0v) is 12.0. The van der Waals surface area contributed by atoms with Crippen molar-refractivity contribution in [1.82, 2.24) is 10.6 Å². The van der Waals surface area contributed by atoms with Crippen molar-refractivity contribution in [2.75, 3.05) is 12.3 Å². The van der Waals surface area contributed by atoms with Crippen LogP contribution < -0.4 is 16.4 Å². The van der Waals surface area contributed by atoms with E-state index >= 15 is 0 Å². The SMILES string of the molecule is CC(=O)CCC(=O)[C@H](CS)NC(=O)NC[C@H](N)C(=O)O. The third-order valence-electron chi connectivity index (χ3n) is 2.40. The Balaban J connectivity index is 4.21. The lowest BCUT2D eigenvalue weighted by molar-refractivity contribution is -0.138. The molecule has 0 saturated carbocycles. The fourth-order valence-corrected chi connectivity index (χ4v) is 1.50. The summed E-state index contributed by atoms with van der Waals surface area (Å²) in [5, 5.41) is 13.1. The maximum absolute atomic E-state index is 11.7. The van der Waals surface area contributed by atoms with Crippen LogP contribution in [-0.2, 0) is 14.4 Å². The van der Waals surface area contributed by atoms with Crippen LogP contribution >= 0.6 is 12.6 Å². The van der Waals surface area contributed by atoms with Crippen molar-refractivity contribution >= 4 is 36.2 Å². The Morgan fingerprint density at radius 3 is 2.30 bits per heavy atom. The molecule has 0 radical (unpaired) electrons. The predicted octanol–water partition coefficient (Wildman–Crippen LogP) is -1.07. The van der Waals surface area contributed by atoms with E-state index < -0.39 is 24.1 Å². The first-order valence-corrected chi connectivity index (χ1v) is 6.57. The minimum atomic E-state index is -1.24. The summed E-state index contributed by atoms with van der Waals surface area (Å²) >= 11 is 3.95. The molecule has 0 aliphatic rings. The van der Waals surface area contributed by atoms with Gasteiger partial charge >= 0.3 is 12.0 Å². The number of carbonyl (C=O) groups excluding carboxylic acids is 3. The largest absolute Gasteiger partial charge is 0.480 e. The van der Waals surface area contributed by atoms with E-state index in [9.17, 15) is 19.2 Å². The van der Waals surface area contributed by atoms with Gasteiger partial charge in [-0.1, -0.05) is 0 Å². The van der Waals surface area contributed by atoms with E-state index in [4.69, 9.17) is 10.8 Å². The molecule has 0 aliphatic heterocycles. The third-order valence-corrected chi connectivity index (χ3v) is 2.76. The Morgan fingerprint density at radius 1 is 1.25 bits per heavy atom. The summed E-state index contributed by atoms with van der Waals surface area (Å²) in [6.07, 6.45) is 0.131. The molecule has 2 amide bonds. The van der Waals surface area contributed by atoms with Crippen LogP contribution in [0.5, 0.6) is 0 Å². The molecule has 2 atom stereocenters. The van der Waals surface area contributed by atoms with E-state index in [1.165, 1.54) is 6.92 Å². The number of carboxylic acids is 1. The second kappa shape index (κ2) is 9.32. The van der Waals surface area contributed by atoms with E-state index in [1.54, 1.807) is 0 Å². The Bertz CT molecular complexity index is 388. The molecule has 0 heterocycles. The smallest absolute Gasteiger partial charge is 0.322 e. The first kappa shape index (κ1) is 18.4. The van der Waals surface area contributed by atoms with Gasteiger partial charge in [-0.3, -0.25) is 9.59 Å². The molecule has 0 rings (SSSR count). The quantitative estimate of drug-likeness (QED) is 0.344. The first-order valence-electron chi connectivity index (χ1n) is 5.93. The molecule has 0 aromatic rings. The highest BCUT2D eigenvalue weighted by Gasteiger charge is 2.20. The van der Waals surface area contributed by atoms with E-state index in [-0.39, 0.29) is 36.7 Å². The zero-order valence-electron chi connectivity index (χ0n) is 11.1. The van der Waals surface area contributed by atoms with Crippen LogP contribution in [0, 0.1) is 0 Å². The molecule has 0 spiro atoms. The lowest BCUT2D eigenvalue weighted by Crippen LogP contribution is -2.50. The summed E-state index contributed by atoms with van der Waals surface area (Å²) in [4.78, 5) is 44.4. The summed E-state index contributed by atoms with van der Waals surface area (Å²) in [6.45, 7) is 1.11. The number of ketones is 2. The van der Waals surface area contributed by atoms with Crippen molar-refractivity contribution in [2.45, 2.75) is 31.8 Å². The van der Waals surface area contributed by atoms with E-state index in [2.05, 4.69) is 23.3 Å². The van der Waals surface area contributed by atoms with Crippen LogP contribution in [0.15, 0.2) is 0 Å². The second-order valence-corrected chi connectivity index (χ2v) is 4.57. The number of amides is 2. The zero-order chi connectivity index (χ0) is 15.7. The number of urea groups is 1. The Kier molecular flexibility index (Phi) is 8.57. The number of Topliss-reactive ketones (excluding diaryl/α,β-unsaturated/α-hetero) is 2. The number of nitrogens with one attached hydrogen (secondary N) is 2. The minimum absolute atomic E-state index is 0.0233. The maximum atomic E-state index is 11.7. The molecule has 8 nitrogen and oxygen atoms in total. The summed E-state index contributed by atoms with van der Waals surface area (Å²) in [5.41, 5.74) is 5.21. The van der Waals surface area contributed by atoms with E-state index in [0.29, 0.717) is 0 Å². The average molecular weight is 305 g/mol. The first-order chi connectivity index (χ1) is 9.27. The molecular formula is C11H19N3O5S. The molecule has 20 heavy (non-hydrogen) atoms. The van der Waals surface area contributed by atoms with Gasteiger partial charge in [0.25, 0.3) is 0 Å². The number of hydrogen-bond acceptors (Lipinski definition) is 6. The van der Waals surface area contributed by atoms with E-state index in [1.807, 2.05) is 0 Å². The van der Waals surface area contributed by atoms with Crippen molar-refractivity contribution in [2.24, 2.45) is 5.73 Å². The van der Waals surface area contributed by atoms with Crippen LogP contribution in [0.25, 0.3) is 0 Å². The van der Waals surface area contributed by atoms with Gasteiger partial charge in [0.2, 0.25) is 0 Å². The third kappa shape index (κ3) is 7.74. The van der Waals surface area contributed by atoms with Gasteiger partial charge in [0.1, 0.15) is 11.8 Å². The van der Waals surface area contributed by atoms with Gasteiger partial charge in [-0.05, 0) is 6.92 Å². The molecule has 114 valence electrons. The van der Waals surface area contributed by atoms with Crippen molar-refractivity contribution in [3.8, 4) is 0 Å². The van der Waals surface area contributed by atoms with Crippen molar-refractivity contribution < 1.29 is 24.3 Å². The van der Waals surface area contributed by atoms with Crippen LogP contribution in [0.1, 0.15) is 19.8 Å². The van der Waals surface area contributed by atoms with Crippen molar-refractivity contribution in [1.29, 1.82) is 0 Å².